The lowest BCUT2D eigenvalue weighted by atomic mass is 10.0. The second-order valence-electron chi connectivity index (χ2n) is 4.47. The van der Waals surface area contributed by atoms with Crippen LogP contribution in [0.3, 0.4) is 0 Å². The van der Waals surface area contributed by atoms with Gasteiger partial charge in [0, 0.05) is 11.9 Å². The Kier molecular flexibility index (Phi) is 3.75. The number of carbonyl (C=O) groups is 1. The van der Waals surface area contributed by atoms with Gasteiger partial charge in [0.15, 0.2) is 0 Å². The second kappa shape index (κ2) is 5.48. The van der Waals surface area contributed by atoms with Crippen molar-refractivity contribution in [3.05, 3.63) is 47.9 Å². The van der Waals surface area contributed by atoms with Gasteiger partial charge < -0.3 is 10.4 Å². The van der Waals surface area contributed by atoms with Crippen molar-refractivity contribution in [1.29, 1.82) is 0 Å². The molecule has 19 heavy (non-hydrogen) atoms. The molecule has 1 heterocycles. The molecule has 0 aliphatic carbocycles. The zero-order valence-corrected chi connectivity index (χ0v) is 10.8. The molecule has 0 unspecified atom stereocenters. The zero-order valence-electron chi connectivity index (χ0n) is 10.8. The number of nitrogens with zero attached hydrogens (tertiary/aromatic N) is 2. The van der Waals surface area contributed by atoms with Gasteiger partial charge in [0.2, 0.25) is 5.82 Å². The van der Waals surface area contributed by atoms with E-state index in [9.17, 15) is 4.79 Å². The average Bonchev–Trinajstić information content (AvgIpc) is 2.39. The van der Waals surface area contributed by atoms with Gasteiger partial charge in [-0.05, 0) is 29.7 Å². The Balaban J connectivity index is 2.16. The summed E-state index contributed by atoms with van der Waals surface area (Å²) in [5.74, 6) is -0.418. The highest BCUT2D eigenvalue weighted by Gasteiger charge is 2.07. The number of aromatic nitrogens is 2. The maximum atomic E-state index is 10.8. The SMILES string of the molecule is CC(C)c1ccc(Nc2ccnc(C(=O)O)n2)cc1. The molecule has 0 bridgehead atoms. The summed E-state index contributed by atoms with van der Waals surface area (Å²) in [5.41, 5.74) is 2.11. The third-order valence-corrected chi connectivity index (χ3v) is 2.70. The van der Waals surface area contributed by atoms with Crippen molar-refractivity contribution in [3.8, 4) is 0 Å². The van der Waals surface area contributed by atoms with E-state index in [4.69, 9.17) is 5.11 Å². The highest BCUT2D eigenvalue weighted by Crippen LogP contribution is 2.19. The van der Waals surface area contributed by atoms with Crippen LogP contribution in [0.4, 0.5) is 11.5 Å². The fraction of sp³-hybridized carbons (Fsp3) is 0.214. The minimum Gasteiger partial charge on any atom is -0.475 e. The molecule has 98 valence electrons. The second-order valence-corrected chi connectivity index (χ2v) is 4.47. The van der Waals surface area contributed by atoms with Crippen molar-refractivity contribution < 1.29 is 9.90 Å². The molecule has 0 radical (unpaired) electrons. The van der Waals surface area contributed by atoms with Crippen LogP contribution < -0.4 is 5.32 Å². The Morgan fingerprint density at radius 2 is 1.89 bits per heavy atom. The van der Waals surface area contributed by atoms with Crippen LogP contribution in [-0.2, 0) is 0 Å². The number of carboxylic acids is 1. The fourth-order valence-corrected chi connectivity index (χ4v) is 1.63. The van der Waals surface area contributed by atoms with Crippen LogP contribution in [0, 0.1) is 0 Å². The van der Waals surface area contributed by atoms with Crippen LogP contribution in [0.1, 0.15) is 35.9 Å². The lowest BCUT2D eigenvalue weighted by Gasteiger charge is -2.08. The largest absolute Gasteiger partial charge is 0.475 e. The molecule has 0 saturated heterocycles. The van der Waals surface area contributed by atoms with E-state index in [-0.39, 0.29) is 5.82 Å². The quantitative estimate of drug-likeness (QED) is 0.880. The smallest absolute Gasteiger partial charge is 0.374 e. The number of hydrogen-bond acceptors (Lipinski definition) is 4. The molecular formula is C14H15N3O2. The van der Waals surface area contributed by atoms with Crippen molar-refractivity contribution in [3.63, 3.8) is 0 Å². The van der Waals surface area contributed by atoms with Crippen LogP contribution in [0.2, 0.25) is 0 Å². The number of nitrogens with one attached hydrogen (secondary N) is 1. The Morgan fingerprint density at radius 3 is 2.47 bits per heavy atom. The first-order chi connectivity index (χ1) is 9.06. The molecule has 0 spiro atoms. The highest BCUT2D eigenvalue weighted by molar-refractivity contribution is 5.83. The van der Waals surface area contributed by atoms with Gasteiger partial charge >= 0.3 is 5.97 Å². The van der Waals surface area contributed by atoms with Crippen molar-refractivity contribution in [2.75, 3.05) is 5.32 Å². The molecule has 0 saturated carbocycles. The van der Waals surface area contributed by atoms with E-state index in [2.05, 4.69) is 29.1 Å². The van der Waals surface area contributed by atoms with Crippen molar-refractivity contribution >= 4 is 17.5 Å². The van der Waals surface area contributed by atoms with Crippen molar-refractivity contribution in [1.82, 2.24) is 9.97 Å². The molecule has 5 nitrogen and oxygen atoms in total. The van der Waals surface area contributed by atoms with E-state index in [1.54, 1.807) is 6.07 Å². The summed E-state index contributed by atoms with van der Waals surface area (Å²) < 4.78 is 0. The van der Waals surface area contributed by atoms with E-state index >= 15 is 0 Å². The maximum Gasteiger partial charge on any atom is 0.374 e. The molecule has 1 aromatic carbocycles. The molecule has 2 rings (SSSR count). The molecule has 0 fully saturated rings. The molecule has 5 heteroatoms. The Bertz CT molecular complexity index is 579. The number of anilines is 2. The number of carboxylic acid groups (broad SMARTS) is 1. The molecule has 2 N–H and O–H groups in total. The number of benzene rings is 1. The normalized spacial score (nSPS) is 10.5. The first-order valence-electron chi connectivity index (χ1n) is 5.99. The van der Waals surface area contributed by atoms with Crippen LogP contribution in [0.15, 0.2) is 36.5 Å². The first kappa shape index (κ1) is 13.0. The van der Waals surface area contributed by atoms with Gasteiger partial charge in [-0.2, -0.15) is 0 Å². The van der Waals surface area contributed by atoms with Crippen molar-refractivity contribution in [2.24, 2.45) is 0 Å². The molecule has 0 atom stereocenters. The summed E-state index contributed by atoms with van der Waals surface area (Å²) in [6.07, 6.45) is 1.42. The zero-order chi connectivity index (χ0) is 13.8. The number of aromatic carboxylic acids is 1. The third-order valence-electron chi connectivity index (χ3n) is 2.70. The summed E-state index contributed by atoms with van der Waals surface area (Å²) in [5, 5.41) is 11.9. The third kappa shape index (κ3) is 3.28. The Morgan fingerprint density at radius 1 is 1.21 bits per heavy atom. The molecular weight excluding hydrogens is 242 g/mol. The minimum atomic E-state index is -1.14. The van der Waals surface area contributed by atoms with E-state index < -0.39 is 5.97 Å². The number of hydrogen-bond donors (Lipinski definition) is 2. The van der Waals surface area contributed by atoms with Gasteiger partial charge in [-0.3, -0.25) is 0 Å². The fourth-order valence-electron chi connectivity index (χ4n) is 1.63. The van der Waals surface area contributed by atoms with E-state index in [0.29, 0.717) is 11.7 Å². The standard InChI is InChI=1S/C14H15N3O2/c1-9(2)10-3-5-11(6-4-10)16-12-7-8-15-13(17-12)14(18)19/h3-9H,1-2H3,(H,18,19)(H,15,16,17). The van der Waals surface area contributed by atoms with Gasteiger partial charge in [0.1, 0.15) is 5.82 Å². The summed E-state index contributed by atoms with van der Waals surface area (Å²) >= 11 is 0. The predicted octanol–water partition coefficient (Wildman–Crippen LogP) is 3.04. The average molecular weight is 257 g/mol. The van der Waals surface area contributed by atoms with Crippen LogP contribution in [0.25, 0.3) is 0 Å². The summed E-state index contributed by atoms with van der Waals surface area (Å²) in [6.45, 7) is 4.26. The van der Waals surface area contributed by atoms with Gasteiger partial charge in [0.25, 0.3) is 0 Å². The van der Waals surface area contributed by atoms with E-state index in [0.717, 1.165) is 5.69 Å². The van der Waals surface area contributed by atoms with Gasteiger partial charge in [-0.1, -0.05) is 26.0 Å². The topological polar surface area (TPSA) is 75.1 Å². The molecule has 0 aliphatic rings. The maximum absolute atomic E-state index is 10.8. The molecule has 0 aliphatic heterocycles. The van der Waals surface area contributed by atoms with E-state index in [1.165, 1.54) is 11.8 Å². The van der Waals surface area contributed by atoms with Crippen LogP contribution in [-0.4, -0.2) is 21.0 Å². The first-order valence-corrected chi connectivity index (χ1v) is 5.99. The summed E-state index contributed by atoms with van der Waals surface area (Å²) in [7, 11) is 0. The minimum absolute atomic E-state index is 0.219. The monoisotopic (exact) mass is 257 g/mol. The van der Waals surface area contributed by atoms with Crippen LogP contribution in [0.5, 0.6) is 0 Å². The van der Waals surface area contributed by atoms with Crippen molar-refractivity contribution in [2.45, 2.75) is 19.8 Å². The Labute approximate surface area is 111 Å². The van der Waals surface area contributed by atoms with Gasteiger partial charge in [0.05, 0.1) is 0 Å². The molecule has 1 aromatic heterocycles. The molecule has 0 amide bonds. The summed E-state index contributed by atoms with van der Waals surface area (Å²) in [4.78, 5) is 18.3. The van der Waals surface area contributed by atoms with E-state index in [1.807, 2.05) is 24.3 Å². The summed E-state index contributed by atoms with van der Waals surface area (Å²) in [6, 6.07) is 9.58. The number of rotatable bonds is 4. The lowest BCUT2D eigenvalue weighted by Crippen LogP contribution is -2.05. The van der Waals surface area contributed by atoms with Gasteiger partial charge in [-0.15, -0.1) is 0 Å². The van der Waals surface area contributed by atoms with Gasteiger partial charge in [-0.25, -0.2) is 14.8 Å². The lowest BCUT2D eigenvalue weighted by molar-refractivity contribution is 0.0683. The predicted molar refractivity (Wildman–Crippen MR) is 72.8 cm³/mol. The Hall–Kier alpha value is -2.43. The van der Waals surface area contributed by atoms with Crippen LogP contribution >= 0.6 is 0 Å². The highest BCUT2D eigenvalue weighted by atomic mass is 16.4. The molecule has 2 aromatic rings.